The summed E-state index contributed by atoms with van der Waals surface area (Å²) in [5.41, 5.74) is 3.42. The standard InChI is InChI=1S/C19H20N2O3S/c1-13-11-15-5-2-3-7-18(15)21(13)25(23,24)16-9-10-17-14(12-16)6-4-8-19(22)20-17/h2-3,5,7,9-10,12-13H,4,6,8,11H2,1H3,(H,20,22)/t13-/m0/s1. The van der Waals surface area contributed by atoms with Crippen molar-refractivity contribution in [2.45, 2.75) is 43.5 Å². The Bertz CT molecular complexity index is 953. The van der Waals surface area contributed by atoms with E-state index in [4.69, 9.17) is 0 Å². The molecule has 0 saturated carbocycles. The van der Waals surface area contributed by atoms with Crippen molar-refractivity contribution in [3.05, 3.63) is 53.6 Å². The molecule has 0 aromatic heterocycles. The largest absolute Gasteiger partial charge is 0.326 e. The van der Waals surface area contributed by atoms with E-state index in [2.05, 4.69) is 5.32 Å². The quantitative estimate of drug-likeness (QED) is 0.899. The number of carbonyl (C=O) groups is 1. The summed E-state index contributed by atoms with van der Waals surface area (Å²) < 4.78 is 28.1. The van der Waals surface area contributed by atoms with Crippen LogP contribution in [0.1, 0.15) is 30.9 Å². The lowest BCUT2D eigenvalue weighted by Gasteiger charge is -2.25. The Morgan fingerprint density at radius 1 is 1.08 bits per heavy atom. The molecule has 0 aliphatic carbocycles. The lowest BCUT2D eigenvalue weighted by Crippen LogP contribution is -2.35. The van der Waals surface area contributed by atoms with Gasteiger partial charge in [-0.25, -0.2) is 8.42 Å². The first kappa shape index (κ1) is 16.1. The second-order valence-electron chi connectivity index (χ2n) is 6.70. The Morgan fingerprint density at radius 2 is 1.88 bits per heavy atom. The van der Waals surface area contributed by atoms with E-state index in [9.17, 15) is 13.2 Å². The number of benzene rings is 2. The number of para-hydroxylation sites is 1. The number of aryl methyl sites for hydroxylation is 1. The number of fused-ring (bicyclic) bond motifs is 2. The Morgan fingerprint density at radius 3 is 2.72 bits per heavy atom. The Labute approximate surface area is 147 Å². The molecule has 2 aliphatic heterocycles. The van der Waals surface area contributed by atoms with Gasteiger partial charge in [-0.2, -0.15) is 0 Å². The number of hydrogen-bond acceptors (Lipinski definition) is 3. The van der Waals surface area contributed by atoms with Crippen LogP contribution >= 0.6 is 0 Å². The molecule has 0 fully saturated rings. The van der Waals surface area contributed by atoms with Crippen LogP contribution in [-0.2, 0) is 27.7 Å². The van der Waals surface area contributed by atoms with Crippen molar-refractivity contribution in [1.82, 2.24) is 0 Å². The van der Waals surface area contributed by atoms with Gasteiger partial charge in [0.25, 0.3) is 10.0 Å². The zero-order chi connectivity index (χ0) is 17.6. The number of sulfonamides is 1. The van der Waals surface area contributed by atoms with Gasteiger partial charge in [0.1, 0.15) is 0 Å². The molecule has 2 aromatic rings. The second kappa shape index (κ2) is 5.88. The molecule has 2 heterocycles. The zero-order valence-corrected chi connectivity index (χ0v) is 14.8. The van der Waals surface area contributed by atoms with Crippen LogP contribution in [0.3, 0.4) is 0 Å². The maximum absolute atomic E-state index is 13.3. The molecule has 0 spiro atoms. The Balaban J connectivity index is 1.77. The van der Waals surface area contributed by atoms with Gasteiger partial charge < -0.3 is 5.32 Å². The van der Waals surface area contributed by atoms with Crippen LogP contribution in [0.5, 0.6) is 0 Å². The maximum atomic E-state index is 13.3. The van der Waals surface area contributed by atoms with Gasteiger partial charge in [-0.05, 0) is 61.6 Å². The third-order valence-electron chi connectivity index (χ3n) is 4.90. The topological polar surface area (TPSA) is 66.5 Å². The summed E-state index contributed by atoms with van der Waals surface area (Å²) in [5, 5.41) is 2.85. The third-order valence-corrected chi connectivity index (χ3v) is 6.83. The molecule has 1 N–H and O–H groups in total. The summed E-state index contributed by atoms with van der Waals surface area (Å²) in [6.07, 6.45) is 2.61. The lowest BCUT2D eigenvalue weighted by atomic mass is 10.1. The first-order chi connectivity index (χ1) is 12.0. The Kier molecular flexibility index (Phi) is 3.80. The van der Waals surface area contributed by atoms with E-state index in [1.807, 2.05) is 31.2 Å². The molecule has 25 heavy (non-hydrogen) atoms. The highest BCUT2D eigenvalue weighted by Gasteiger charge is 2.36. The average Bonchev–Trinajstić information content (AvgIpc) is 2.80. The fourth-order valence-corrected chi connectivity index (χ4v) is 5.47. The first-order valence-electron chi connectivity index (χ1n) is 8.52. The second-order valence-corrected chi connectivity index (χ2v) is 8.52. The molecular formula is C19H20N2O3S. The fraction of sp³-hybridized carbons (Fsp3) is 0.316. The number of amides is 1. The Hall–Kier alpha value is -2.34. The maximum Gasteiger partial charge on any atom is 0.264 e. The summed E-state index contributed by atoms with van der Waals surface area (Å²) in [7, 11) is -3.64. The lowest BCUT2D eigenvalue weighted by molar-refractivity contribution is -0.116. The van der Waals surface area contributed by atoms with Crippen LogP contribution in [0.4, 0.5) is 11.4 Å². The highest BCUT2D eigenvalue weighted by atomic mass is 32.2. The van der Waals surface area contributed by atoms with Crippen LogP contribution in [0, 0.1) is 0 Å². The van der Waals surface area contributed by atoms with E-state index >= 15 is 0 Å². The molecule has 1 atom stereocenters. The SMILES string of the molecule is C[C@H]1Cc2ccccc2N1S(=O)(=O)c1ccc2c(c1)CCCC(=O)N2. The minimum Gasteiger partial charge on any atom is -0.326 e. The van der Waals surface area contributed by atoms with Crippen molar-refractivity contribution in [3.63, 3.8) is 0 Å². The van der Waals surface area contributed by atoms with Crippen molar-refractivity contribution in [2.24, 2.45) is 0 Å². The molecule has 1 amide bonds. The monoisotopic (exact) mass is 356 g/mol. The van der Waals surface area contributed by atoms with E-state index in [0.717, 1.165) is 35.3 Å². The van der Waals surface area contributed by atoms with Crippen molar-refractivity contribution in [2.75, 3.05) is 9.62 Å². The van der Waals surface area contributed by atoms with E-state index in [1.54, 1.807) is 18.2 Å². The number of nitrogens with zero attached hydrogens (tertiary/aromatic N) is 1. The molecule has 2 aromatic carbocycles. The van der Waals surface area contributed by atoms with Crippen LogP contribution in [0.15, 0.2) is 47.4 Å². The van der Waals surface area contributed by atoms with Crippen molar-refractivity contribution < 1.29 is 13.2 Å². The van der Waals surface area contributed by atoms with Gasteiger partial charge >= 0.3 is 0 Å². The van der Waals surface area contributed by atoms with E-state index in [1.165, 1.54) is 4.31 Å². The molecule has 130 valence electrons. The molecule has 2 aliphatic rings. The van der Waals surface area contributed by atoms with Gasteiger partial charge in [-0.3, -0.25) is 9.10 Å². The van der Waals surface area contributed by atoms with Crippen molar-refractivity contribution >= 4 is 27.3 Å². The number of nitrogens with one attached hydrogen (secondary N) is 1. The summed E-state index contributed by atoms with van der Waals surface area (Å²) in [6, 6.07) is 12.5. The van der Waals surface area contributed by atoms with Gasteiger partial charge in [0, 0.05) is 18.2 Å². The average molecular weight is 356 g/mol. The van der Waals surface area contributed by atoms with Crippen molar-refractivity contribution in [3.8, 4) is 0 Å². The van der Waals surface area contributed by atoms with Crippen LogP contribution < -0.4 is 9.62 Å². The van der Waals surface area contributed by atoms with Gasteiger partial charge in [-0.15, -0.1) is 0 Å². The normalized spacial score (nSPS) is 19.8. The molecule has 6 heteroatoms. The summed E-state index contributed by atoms with van der Waals surface area (Å²) >= 11 is 0. The van der Waals surface area contributed by atoms with Crippen molar-refractivity contribution in [1.29, 1.82) is 0 Å². The van der Waals surface area contributed by atoms with E-state index in [-0.39, 0.29) is 16.8 Å². The van der Waals surface area contributed by atoms with E-state index in [0.29, 0.717) is 12.8 Å². The van der Waals surface area contributed by atoms with Gasteiger partial charge in [0.15, 0.2) is 0 Å². The molecule has 0 unspecified atom stereocenters. The molecule has 0 radical (unpaired) electrons. The number of rotatable bonds is 2. The highest BCUT2D eigenvalue weighted by Crippen LogP contribution is 2.37. The fourth-order valence-electron chi connectivity index (χ4n) is 3.73. The predicted molar refractivity (Wildman–Crippen MR) is 97.3 cm³/mol. The van der Waals surface area contributed by atoms with Crippen LogP contribution in [0.25, 0.3) is 0 Å². The molecule has 0 saturated heterocycles. The van der Waals surface area contributed by atoms with E-state index < -0.39 is 10.0 Å². The smallest absolute Gasteiger partial charge is 0.264 e. The van der Waals surface area contributed by atoms with Crippen LogP contribution in [0.2, 0.25) is 0 Å². The summed E-state index contributed by atoms with van der Waals surface area (Å²) in [5.74, 6) is -0.0172. The zero-order valence-electron chi connectivity index (χ0n) is 14.0. The predicted octanol–water partition coefficient (Wildman–Crippen LogP) is 3.10. The third kappa shape index (κ3) is 2.70. The molecule has 0 bridgehead atoms. The minimum atomic E-state index is -3.64. The van der Waals surface area contributed by atoms with Crippen LogP contribution in [-0.4, -0.2) is 20.4 Å². The number of hydrogen-bond donors (Lipinski definition) is 1. The summed E-state index contributed by atoms with van der Waals surface area (Å²) in [6.45, 7) is 1.93. The first-order valence-corrected chi connectivity index (χ1v) is 9.96. The molecular weight excluding hydrogens is 336 g/mol. The molecule has 5 nitrogen and oxygen atoms in total. The molecule has 4 rings (SSSR count). The van der Waals surface area contributed by atoms with Gasteiger partial charge in [0.2, 0.25) is 5.91 Å². The number of carbonyl (C=O) groups excluding carboxylic acids is 1. The minimum absolute atomic E-state index is 0.0172. The summed E-state index contributed by atoms with van der Waals surface area (Å²) in [4.78, 5) is 12.0. The van der Waals surface area contributed by atoms with Gasteiger partial charge in [0.05, 0.1) is 10.6 Å². The highest BCUT2D eigenvalue weighted by molar-refractivity contribution is 7.92. The number of anilines is 2. The van der Waals surface area contributed by atoms with Gasteiger partial charge in [-0.1, -0.05) is 18.2 Å².